The first-order chi connectivity index (χ1) is 6.77. The Morgan fingerprint density at radius 2 is 2.00 bits per heavy atom. The van der Waals surface area contributed by atoms with E-state index >= 15 is 0 Å². The van der Waals surface area contributed by atoms with Crippen LogP contribution in [0.3, 0.4) is 0 Å². The molecule has 0 aliphatic heterocycles. The van der Waals surface area contributed by atoms with Crippen LogP contribution in [0.2, 0.25) is 0 Å². The highest BCUT2D eigenvalue weighted by molar-refractivity contribution is 7.90. The fraction of sp³-hybridized carbons (Fsp3) is 0.714. The monoisotopic (exact) mass is 238 g/mol. The maximum atomic E-state index is 11.2. The number of aliphatic carboxylic acids is 1. The number of amides is 1. The number of carbonyl (C=O) groups excluding carboxylic acids is 1. The molecule has 0 aromatic carbocycles. The molecular weight excluding hydrogens is 224 g/mol. The number of hydrogen-bond donors (Lipinski definition) is 3. The van der Waals surface area contributed by atoms with Crippen LogP contribution in [0.4, 0.5) is 0 Å². The van der Waals surface area contributed by atoms with E-state index in [1.807, 2.05) is 0 Å². The lowest BCUT2D eigenvalue weighted by atomic mass is 10.3. The molecule has 1 atom stereocenters. The van der Waals surface area contributed by atoms with Gasteiger partial charge in [0.2, 0.25) is 15.9 Å². The third-order valence-corrected chi connectivity index (χ3v) is 3.46. The van der Waals surface area contributed by atoms with Crippen LogP contribution in [0.25, 0.3) is 0 Å². The van der Waals surface area contributed by atoms with Gasteiger partial charge in [-0.3, -0.25) is 9.59 Å². The summed E-state index contributed by atoms with van der Waals surface area (Å²) >= 11 is 0. The zero-order valence-corrected chi connectivity index (χ0v) is 9.08. The Balaban J connectivity index is 4.06. The Kier molecular flexibility index (Phi) is 5.23. The van der Waals surface area contributed by atoms with Gasteiger partial charge in [0.05, 0.1) is 0 Å². The van der Waals surface area contributed by atoms with Gasteiger partial charge < -0.3 is 10.8 Å². The maximum Gasteiger partial charge on any atom is 0.323 e. The predicted molar refractivity (Wildman–Crippen MR) is 52.4 cm³/mol. The highest BCUT2D eigenvalue weighted by Gasteiger charge is 2.26. The van der Waals surface area contributed by atoms with Gasteiger partial charge in [0, 0.05) is 13.0 Å². The summed E-state index contributed by atoms with van der Waals surface area (Å²) in [7, 11) is -3.86. The molecule has 0 bridgehead atoms. The second-order valence-electron chi connectivity index (χ2n) is 2.99. The standard InChI is InChI=1S/C7H14N2O5S/c1-5(7(11)12)15(13,14)9-4-2-3-6(8)10/h5,9H,2-4H2,1H3,(H2,8,10)(H,11,12). The normalized spacial score (nSPS) is 13.4. The van der Waals surface area contributed by atoms with E-state index in [9.17, 15) is 18.0 Å². The molecule has 0 rings (SSSR count). The molecule has 7 nitrogen and oxygen atoms in total. The van der Waals surface area contributed by atoms with Crippen molar-refractivity contribution >= 4 is 21.9 Å². The summed E-state index contributed by atoms with van der Waals surface area (Å²) in [5, 5.41) is 6.96. The van der Waals surface area contributed by atoms with Crippen LogP contribution in [-0.2, 0) is 19.6 Å². The van der Waals surface area contributed by atoms with Crippen LogP contribution in [0.15, 0.2) is 0 Å². The first-order valence-electron chi connectivity index (χ1n) is 4.27. The topological polar surface area (TPSA) is 127 Å². The molecule has 0 saturated heterocycles. The fourth-order valence-corrected chi connectivity index (χ4v) is 1.68. The number of nitrogens with two attached hydrogens (primary N) is 1. The molecule has 0 aliphatic rings. The quantitative estimate of drug-likeness (QED) is 0.472. The van der Waals surface area contributed by atoms with Gasteiger partial charge in [-0.2, -0.15) is 0 Å². The molecule has 0 saturated carbocycles. The summed E-state index contributed by atoms with van der Waals surface area (Å²) in [6.45, 7) is 1.07. The van der Waals surface area contributed by atoms with E-state index in [4.69, 9.17) is 10.8 Å². The molecule has 0 spiro atoms. The Bertz CT molecular complexity index is 337. The first-order valence-corrected chi connectivity index (χ1v) is 5.81. The fourth-order valence-electron chi connectivity index (χ4n) is 0.735. The average Bonchev–Trinajstić information content (AvgIpc) is 2.10. The van der Waals surface area contributed by atoms with Crippen molar-refractivity contribution in [2.24, 2.45) is 5.73 Å². The number of carboxylic acid groups (broad SMARTS) is 1. The van der Waals surface area contributed by atoms with Crippen molar-refractivity contribution in [1.29, 1.82) is 0 Å². The summed E-state index contributed by atoms with van der Waals surface area (Å²) in [6.07, 6.45) is 0.310. The molecule has 0 aromatic rings. The van der Waals surface area contributed by atoms with Gasteiger partial charge in [0.25, 0.3) is 0 Å². The highest BCUT2D eigenvalue weighted by Crippen LogP contribution is 1.98. The number of rotatable bonds is 7. The highest BCUT2D eigenvalue weighted by atomic mass is 32.2. The Labute approximate surface area is 87.7 Å². The largest absolute Gasteiger partial charge is 0.480 e. The Morgan fingerprint density at radius 1 is 1.47 bits per heavy atom. The van der Waals surface area contributed by atoms with Crippen LogP contribution in [0, 0.1) is 0 Å². The second kappa shape index (κ2) is 5.66. The lowest BCUT2D eigenvalue weighted by Gasteiger charge is -2.09. The molecule has 0 radical (unpaired) electrons. The Hall–Kier alpha value is -1.15. The summed E-state index contributed by atoms with van der Waals surface area (Å²) in [5.74, 6) is -1.95. The van der Waals surface area contributed by atoms with Crippen LogP contribution in [-0.4, -0.2) is 37.2 Å². The van der Waals surface area contributed by atoms with Crippen molar-refractivity contribution in [1.82, 2.24) is 4.72 Å². The molecular formula is C7H14N2O5S. The van der Waals surface area contributed by atoms with Crippen LogP contribution in [0.5, 0.6) is 0 Å². The van der Waals surface area contributed by atoms with Crippen LogP contribution < -0.4 is 10.5 Å². The lowest BCUT2D eigenvalue weighted by Crippen LogP contribution is -2.38. The lowest BCUT2D eigenvalue weighted by molar-refractivity contribution is -0.136. The first kappa shape index (κ1) is 13.8. The minimum atomic E-state index is -3.86. The predicted octanol–water partition coefficient (Wildman–Crippen LogP) is -1.36. The summed E-state index contributed by atoms with van der Waals surface area (Å²) in [6, 6.07) is 0. The number of carboxylic acids is 1. The van der Waals surface area contributed by atoms with E-state index in [0.29, 0.717) is 0 Å². The molecule has 0 aromatic heterocycles. The summed E-state index contributed by atoms with van der Waals surface area (Å²) < 4.78 is 24.5. The minimum Gasteiger partial charge on any atom is -0.480 e. The SMILES string of the molecule is CC(C(=O)O)S(=O)(=O)NCCCC(N)=O. The number of primary amides is 1. The van der Waals surface area contributed by atoms with Crippen molar-refractivity contribution in [2.45, 2.75) is 25.0 Å². The van der Waals surface area contributed by atoms with Crippen LogP contribution >= 0.6 is 0 Å². The van der Waals surface area contributed by atoms with Crippen molar-refractivity contribution in [3.8, 4) is 0 Å². The van der Waals surface area contributed by atoms with Gasteiger partial charge in [0.1, 0.15) is 0 Å². The Morgan fingerprint density at radius 3 is 2.40 bits per heavy atom. The molecule has 0 heterocycles. The molecule has 4 N–H and O–H groups in total. The van der Waals surface area contributed by atoms with Crippen molar-refractivity contribution in [3.63, 3.8) is 0 Å². The van der Waals surface area contributed by atoms with E-state index in [2.05, 4.69) is 4.72 Å². The second-order valence-corrected chi connectivity index (χ2v) is 5.08. The zero-order chi connectivity index (χ0) is 12.1. The van der Waals surface area contributed by atoms with Gasteiger partial charge in [-0.05, 0) is 13.3 Å². The number of hydrogen-bond acceptors (Lipinski definition) is 4. The minimum absolute atomic E-state index is 0.00287. The number of sulfonamides is 1. The van der Waals surface area contributed by atoms with Gasteiger partial charge in [-0.25, -0.2) is 13.1 Å². The summed E-state index contributed by atoms with van der Waals surface area (Å²) in [5.41, 5.74) is 4.84. The van der Waals surface area contributed by atoms with Gasteiger partial charge in [-0.1, -0.05) is 0 Å². The molecule has 0 aliphatic carbocycles. The van der Waals surface area contributed by atoms with Crippen molar-refractivity contribution in [2.75, 3.05) is 6.54 Å². The van der Waals surface area contributed by atoms with E-state index in [0.717, 1.165) is 6.92 Å². The molecule has 0 fully saturated rings. The molecule has 15 heavy (non-hydrogen) atoms. The van der Waals surface area contributed by atoms with Crippen molar-refractivity contribution in [3.05, 3.63) is 0 Å². The van der Waals surface area contributed by atoms with E-state index in [1.54, 1.807) is 0 Å². The third-order valence-electron chi connectivity index (χ3n) is 1.72. The van der Waals surface area contributed by atoms with E-state index in [1.165, 1.54) is 0 Å². The van der Waals surface area contributed by atoms with Crippen molar-refractivity contribution < 1.29 is 23.1 Å². The van der Waals surface area contributed by atoms with Crippen LogP contribution in [0.1, 0.15) is 19.8 Å². The maximum absolute atomic E-state index is 11.2. The molecule has 88 valence electrons. The molecule has 1 amide bonds. The molecule has 1 unspecified atom stereocenters. The van der Waals surface area contributed by atoms with E-state index in [-0.39, 0.29) is 19.4 Å². The zero-order valence-electron chi connectivity index (χ0n) is 8.26. The van der Waals surface area contributed by atoms with E-state index < -0.39 is 27.1 Å². The van der Waals surface area contributed by atoms with Gasteiger partial charge >= 0.3 is 5.97 Å². The molecule has 8 heteroatoms. The van der Waals surface area contributed by atoms with Gasteiger partial charge in [0.15, 0.2) is 5.25 Å². The number of carbonyl (C=O) groups is 2. The smallest absolute Gasteiger partial charge is 0.323 e. The third kappa shape index (κ3) is 5.33. The van der Waals surface area contributed by atoms with Gasteiger partial charge in [-0.15, -0.1) is 0 Å². The summed E-state index contributed by atoms with van der Waals surface area (Å²) in [4.78, 5) is 20.7. The average molecular weight is 238 g/mol. The number of nitrogens with one attached hydrogen (secondary N) is 1.